The molecular formula is C68H114N20O23S. The van der Waals surface area contributed by atoms with Crippen molar-refractivity contribution in [2.45, 2.75) is 223 Å². The minimum absolute atomic E-state index is 0.0183. The van der Waals surface area contributed by atoms with Crippen LogP contribution in [0.4, 0.5) is 0 Å². The fraction of sp³-hybridized carbons (Fsp3) is 0.647. The van der Waals surface area contributed by atoms with E-state index in [1.165, 1.54) is 49.9 Å². The number of rotatable bonds is 54. The topological polar surface area (TPSA) is 736 Å². The lowest BCUT2D eigenvalue weighted by molar-refractivity contribution is -0.143. The lowest BCUT2D eigenvalue weighted by Gasteiger charge is -2.30. The molecule has 44 heteroatoms. The largest absolute Gasteiger partial charge is 0.508 e. The Balaban J connectivity index is 3.53. The summed E-state index contributed by atoms with van der Waals surface area (Å²) in [4.78, 5) is 233. The molecule has 43 nitrogen and oxygen atoms in total. The number of benzene rings is 1. The molecule has 0 aliphatic rings. The number of nitrogens with zero attached hydrogens (tertiary/aromatic N) is 1. The molecule has 0 aromatic heterocycles. The summed E-state index contributed by atoms with van der Waals surface area (Å²) >= 11 is 1.33. The summed E-state index contributed by atoms with van der Waals surface area (Å²) < 4.78 is 0. The van der Waals surface area contributed by atoms with Crippen molar-refractivity contribution in [1.29, 1.82) is 0 Å². The van der Waals surface area contributed by atoms with Gasteiger partial charge in [0.2, 0.25) is 88.6 Å². The van der Waals surface area contributed by atoms with Gasteiger partial charge in [0.1, 0.15) is 78.3 Å². The second kappa shape index (κ2) is 51.1. The van der Waals surface area contributed by atoms with Crippen LogP contribution in [0.5, 0.6) is 5.75 Å². The van der Waals surface area contributed by atoms with E-state index in [0.717, 1.165) is 13.8 Å². The van der Waals surface area contributed by atoms with E-state index >= 15 is 0 Å². The smallest absolute Gasteiger partial charge is 0.326 e. The summed E-state index contributed by atoms with van der Waals surface area (Å²) in [5.74, 6) is -21.6. The summed E-state index contributed by atoms with van der Waals surface area (Å²) in [6.45, 7) is 10.1. The molecule has 31 N–H and O–H groups in total. The minimum atomic E-state index is -2.20. The van der Waals surface area contributed by atoms with Crippen LogP contribution in [0.25, 0.3) is 0 Å². The highest BCUT2D eigenvalue weighted by Gasteiger charge is 2.40. The van der Waals surface area contributed by atoms with Crippen molar-refractivity contribution >= 4 is 118 Å². The molecule has 0 saturated heterocycles. The summed E-state index contributed by atoms with van der Waals surface area (Å²) in [6, 6.07) is -16.7. The number of amides is 15. The van der Waals surface area contributed by atoms with Crippen molar-refractivity contribution in [2.24, 2.45) is 57.1 Å². The molecule has 112 heavy (non-hydrogen) atoms. The molecule has 15 amide bonds. The third-order valence-electron chi connectivity index (χ3n) is 16.5. The molecule has 0 radical (unpaired) electrons. The van der Waals surface area contributed by atoms with Crippen molar-refractivity contribution < 1.29 is 112 Å². The number of primary amides is 2. The average molecular weight is 1610 g/mol. The van der Waals surface area contributed by atoms with Gasteiger partial charge in [0.15, 0.2) is 5.96 Å². The first-order valence-electron chi connectivity index (χ1n) is 36.0. The van der Waals surface area contributed by atoms with Crippen molar-refractivity contribution in [2.75, 3.05) is 38.2 Å². The third-order valence-corrected chi connectivity index (χ3v) is 17.2. The molecule has 0 saturated carbocycles. The molecule has 630 valence electrons. The Labute approximate surface area is 651 Å². The van der Waals surface area contributed by atoms with Gasteiger partial charge in [0.25, 0.3) is 0 Å². The first kappa shape index (κ1) is 99.4. The van der Waals surface area contributed by atoms with Crippen LogP contribution in [0.15, 0.2) is 29.3 Å². The van der Waals surface area contributed by atoms with Crippen LogP contribution in [-0.2, 0) is 87.9 Å². The lowest BCUT2D eigenvalue weighted by atomic mass is 10.00. The Morgan fingerprint density at radius 3 is 1.30 bits per heavy atom. The molecule has 0 unspecified atom stereocenters. The van der Waals surface area contributed by atoms with Gasteiger partial charge in [-0.05, 0) is 119 Å². The number of hydrogen-bond acceptors (Lipinski definition) is 25. The number of nitrogens with two attached hydrogens (primary N) is 6. The molecule has 15 atom stereocenters. The number of aliphatic imine (C=N–C) groups is 1. The van der Waals surface area contributed by atoms with E-state index in [9.17, 15) is 112 Å². The Bertz CT molecular complexity index is 3400. The van der Waals surface area contributed by atoms with Crippen LogP contribution in [-0.4, -0.2) is 266 Å². The van der Waals surface area contributed by atoms with E-state index in [-0.39, 0.29) is 88.0 Å². The van der Waals surface area contributed by atoms with E-state index in [4.69, 9.17) is 34.4 Å². The Hall–Kier alpha value is -10.6. The van der Waals surface area contributed by atoms with Crippen LogP contribution in [0, 0.1) is 17.8 Å². The van der Waals surface area contributed by atoms with E-state index in [0.29, 0.717) is 17.7 Å². The van der Waals surface area contributed by atoms with Crippen molar-refractivity contribution in [1.82, 2.24) is 69.1 Å². The van der Waals surface area contributed by atoms with Crippen molar-refractivity contribution in [3.8, 4) is 5.75 Å². The summed E-state index contributed by atoms with van der Waals surface area (Å²) in [5, 5.41) is 90.4. The quantitative estimate of drug-likeness (QED) is 0.0164. The van der Waals surface area contributed by atoms with Crippen LogP contribution in [0.3, 0.4) is 0 Å². The van der Waals surface area contributed by atoms with Gasteiger partial charge >= 0.3 is 11.9 Å². The zero-order valence-corrected chi connectivity index (χ0v) is 65.0. The monoisotopic (exact) mass is 1610 g/mol. The number of aliphatic hydroxyl groups is 3. The molecule has 0 aliphatic heterocycles. The van der Waals surface area contributed by atoms with Crippen molar-refractivity contribution in [3.63, 3.8) is 0 Å². The predicted molar refractivity (Wildman–Crippen MR) is 403 cm³/mol. The summed E-state index contributed by atoms with van der Waals surface area (Å²) in [7, 11) is 0. The number of carboxylic acids is 2. The van der Waals surface area contributed by atoms with Gasteiger partial charge in [0.05, 0.1) is 50.7 Å². The Kier molecular flexibility index (Phi) is 45.3. The summed E-state index contributed by atoms with van der Waals surface area (Å²) in [6.07, 6.45) is -5.25. The zero-order chi connectivity index (χ0) is 85.4. The number of hydrogen-bond donors (Lipinski definition) is 25. The molecule has 0 bridgehead atoms. The standard InChI is InChI=1S/C68H114N20O23S/c1-31(2)23-38(70)55(98)81-42(24-32(3)4)59(102)79-41(19-22-112-9)58(101)78-40(14-12-21-75-68(73)74)57(100)83-44(27-49(72)94)61(104)86-52(33(5)6)65(108)88-54(35(8)91)66(109)80-39(13-10-11-20-69)56(99)82-43(26-48(71)93)60(103)84-45(28-51(96)97)62(105)87-53(34(7)90)64(107)76-29-50(95)77-47(30-89)63(106)85-46(67(110)111)25-36-15-17-37(92)18-16-36/h15-18,31-35,38-47,52-54,89-92H,10-14,19-30,69-70H2,1-9H3,(H2,71,93)(H2,72,94)(H,76,107)(H,77,95)(H,78,101)(H,79,102)(H,80,109)(H,81,98)(H,82,99)(H,83,100)(H,84,103)(H,85,106)(H,86,104)(H,87,105)(H,88,108)(H,96,97)(H,110,111)(H4,73,74,75)/t34-,35-,38+,39+,40+,41+,42+,43+,44+,45+,46+,47+,52+,53+,54+/m1/s1. The molecule has 0 spiro atoms. The third kappa shape index (κ3) is 38.4. The SMILES string of the molecule is CSCC[C@H](NC(=O)[C@H](CC(C)C)NC(=O)[C@@H](N)CC(C)C)C(=O)N[C@@H](CCCN=C(N)N)C(=O)N[C@@H](CC(N)=O)C(=O)N[C@H](C(=O)N[C@H](C(=O)N[C@@H](CCCCN)C(=O)N[C@@H](CC(N)=O)C(=O)N[C@@H](CC(=O)O)C(=O)N[C@H](C(=O)NCC(=O)N[C@@H](CO)C(=O)N[C@@H](Cc1ccc(O)cc1)C(=O)O)[C@@H](C)O)[C@@H](C)O)C(C)C. The highest BCUT2D eigenvalue weighted by atomic mass is 32.2. The molecule has 1 aromatic rings. The maximum Gasteiger partial charge on any atom is 0.326 e. The molecule has 0 fully saturated rings. The number of unbranched alkanes of at least 4 members (excludes halogenated alkanes) is 1. The second-order valence-corrected chi connectivity index (χ2v) is 28.7. The normalized spacial score (nSPS) is 15.2. The van der Waals surface area contributed by atoms with Gasteiger partial charge in [-0.1, -0.05) is 53.7 Å². The van der Waals surface area contributed by atoms with Crippen molar-refractivity contribution in [3.05, 3.63) is 29.8 Å². The number of aliphatic carboxylic acids is 2. The Morgan fingerprint density at radius 2 is 0.857 bits per heavy atom. The number of nitrogens with one attached hydrogen (secondary N) is 13. The minimum Gasteiger partial charge on any atom is -0.508 e. The lowest BCUT2D eigenvalue weighted by Crippen LogP contribution is -2.63. The average Bonchev–Trinajstić information content (AvgIpc) is 0.847. The predicted octanol–water partition coefficient (Wildman–Crippen LogP) is -9.06. The summed E-state index contributed by atoms with van der Waals surface area (Å²) in [5.41, 5.74) is 34.2. The number of carboxylic acid groups (broad SMARTS) is 2. The zero-order valence-electron chi connectivity index (χ0n) is 64.2. The fourth-order valence-electron chi connectivity index (χ4n) is 10.6. The molecule has 1 aromatic carbocycles. The number of phenols is 1. The molecule has 0 aliphatic carbocycles. The number of carbonyl (C=O) groups is 17. The number of carbonyl (C=O) groups excluding carboxylic acids is 15. The van der Waals surface area contributed by atoms with Crippen LogP contribution < -0.4 is 104 Å². The Morgan fingerprint density at radius 1 is 0.455 bits per heavy atom. The maximum absolute atomic E-state index is 14.4. The van der Waals surface area contributed by atoms with E-state index in [1.54, 1.807) is 6.26 Å². The number of thioether (sulfide) groups is 1. The van der Waals surface area contributed by atoms with Crippen LogP contribution >= 0.6 is 11.8 Å². The molecule has 1 rings (SSSR count). The van der Waals surface area contributed by atoms with Gasteiger partial charge in [0, 0.05) is 13.0 Å². The van der Waals surface area contributed by atoms with Gasteiger partial charge in [-0.3, -0.25) is 81.7 Å². The van der Waals surface area contributed by atoms with Crippen LogP contribution in [0.2, 0.25) is 0 Å². The molecule has 0 heterocycles. The highest BCUT2D eigenvalue weighted by Crippen LogP contribution is 2.15. The fourth-order valence-corrected chi connectivity index (χ4v) is 11.1. The second-order valence-electron chi connectivity index (χ2n) is 27.7. The number of phenolic OH excluding ortho intramolecular Hbond substituents is 1. The van der Waals surface area contributed by atoms with E-state index < -0.39 is 230 Å². The van der Waals surface area contributed by atoms with Gasteiger partial charge < -0.3 is 134 Å². The first-order chi connectivity index (χ1) is 52.3. The van der Waals surface area contributed by atoms with Gasteiger partial charge in [-0.25, -0.2) is 4.79 Å². The molecular weight excluding hydrogens is 1500 g/mol. The van der Waals surface area contributed by atoms with E-state index in [1.807, 2.05) is 43.6 Å². The number of guanidine groups is 1. The van der Waals surface area contributed by atoms with E-state index in [2.05, 4.69) is 58.2 Å². The highest BCUT2D eigenvalue weighted by molar-refractivity contribution is 7.98. The number of aliphatic hydroxyl groups excluding tert-OH is 3. The number of aromatic hydroxyl groups is 1. The van der Waals surface area contributed by atoms with Gasteiger partial charge in [-0.2, -0.15) is 11.8 Å². The first-order valence-corrected chi connectivity index (χ1v) is 37.4. The maximum atomic E-state index is 14.4. The van der Waals surface area contributed by atoms with Crippen LogP contribution in [0.1, 0.15) is 132 Å². The van der Waals surface area contributed by atoms with Gasteiger partial charge in [-0.15, -0.1) is 0 Å².